The number of benzene rings is 13. The molecule has 1 N–H and O–H groups in total. The van der Waals surface area contributed by atoms with E-state index in [2.05, 4.69) is 0 Å². The number of carbonyl (C=O) groups excluding carboxylic acids is 8. The van der Waals surface area contributed by atoms with Crippen LogP contribution in [0.5, 0.6) is 0 Å². The van der Waals surface area contributed by atoms with Gasteiger partial charge in [0.2, 0.25) is 0 Å². The third kappa shape index (κ3) is 37.4. The van der Waals surface area contributed by atoms with Gasteiger partial charge in [0.15, 0.2) is 11.6 Å². The van der Waals surface area contributed by atoms with Gasteiger partial charge < -0.3 is 60.8 Å². The Bertz CT molecular complexity index is 7300. The molecule has 0 amide bonds. The smallest absolute Gasteiger partial charge is 0.339 e. The average molecular weight is 2060 g/mol. The van der Waals surface area contributed by atoms with E-state index in [1.807, 2.05) is 176 Å². The highest BCUT2D eigenvalue weighted by Gasteiger charge is 2.31. The number of fused-ring (bicyclic) bond motifs is 7. The maximum atomic E-state index is 12.6. The molecular formula is C102H96O34S6-6. The normalized spacial score (nSPS) is 11.8. The van der Waals surface area contributed by atoms with Crippen LogP contribution in [0.25, 0.3) is 53.9 Å². The molecule has 750 valence electrons. The summed E-state index contributed by atoms with van der Waals surface area (Å²) in [7, 11) is -25.4. The first-order valence-corrected chi connectivity index (χ1v) is 53.6. The van der Waals surface area contributed by atoms with Gasteiger partial charge in [0, 0.05) is 56.8 Å². The number of rotatable bonds is 39. The van der Waals surface area contributed by atoms with Crippen molar-refractivity contribution < 1.29 is 155 Å². The SMILES string of the molecule is O=C(O)c1cc2ccccc2cc1C(=O)OCCCCS(=O)(=O)[O-].O=C(OCCCCS(=O)(=O)[O-])C(c1ccccc1)c1ccccc1.O=C(OCCCCS(=O)(=O)[O-])c1c2ccccc2cc2ccccc12.O=C(OCCCCS(=O)(=O)[O-])c1ccc2c(c1)C(=O)c1ccccc1C2=O.O=C(OCCCCS(=O)(=O)[O-])c1ccc2ccccc2c1.O=C(OCCCCS(=O)(=O)[O-])c1cccc2ccccc12. The molecule has 142 heavy (non-hydrogen) atoms. The number of carboxylic acids is 1. The van der Waals surface area contributed by atoms with E-state index in [1.165, 1.54) is 30.3 Å². The largest absolute Gasteiger partial charge is 0.748 e. The Morgan fingerprint density at radius 1 is 0.246 bits per heavy atom. The number of aromatic carboxylic acids is 1. The van der Waals surface area contributed by atoms with E-state index in [0.29, 0.717) is 64.3 Å². The summed E-state index contributed by atoms with van der Waals surface area (Å²) >= 11 is 0. The molecule has 40 heteroatoms. The number of esters is 6. The monoisotopic (exact) mass is 2060 g/mol. The van der Waals surface area contributed by atoms with Gasteiger partial charge in [0.05, 0.1) is 134 Å². The molecule has 13 aromatic carbocycles. The maximum absolute atomic E-state index is 12.6. The Kier molecular flexibility index (Phi) is 42.3. The average Bonchev–Trinajstić information content (AvgIpc) is 0.755. The van der Waals surface area contributed by atoms with Crippen LogP contribution in [-0.4, -0.2) is 210 Å². The van der Waals surface area contributed by atoms with Crippen LogP contribution in [0.2, 0.25) is 0 Å². The van der Waals surface area contributed by atoms with Gasteiger partial charge in [-0.3, -0.25) is 14.4 Å². The number of ether oxygens (including phenoxy) is 6. The van der Waals surface area contributed by atoms with Crippen molar-refractivity contribution in [2.75, 3.05) is 74.2 Å². The van der Waals surface area contributed by atoms with Crippen molar-refractivity contribution in [2.45, 2.75) is 83.0 Å². The molecule has 14 rings (SSSR count). The van der Waals surface area contributed by atoms with Gasteiger partial charge in [0.25, 0.3) is 0 Å². The summed E-state index contributed by atoms with van der Waals surface area (Å²) < 4.78 is 220. The van der Waals surface area contributed by atoms with Crippen LogP contribution in [0.4, 0.5) is 0 Å². The summed E-state index contributed by atoms with van der Waals surface area (Å²) in [5.74, 6) is -8.41. The molecule has 1 aliphatic carbocycles. The molecule has 0 fully saturated rings. The number of unbranched alkanes of at least 4 members (excludes halogenated alkanes) is 6. The minimum Gasteiger partial charge on any atom is -0.748 e. The highest BCUT2D eigenvalue weighted by molar-refractivity contribution is 7.86. The van der Waals surface area contributed by atoms with Gasteiger partial charge in [-0.1, -0.05) is 224 Å². The zero-order chi connectivity index (χ0) is 103. The number of ketones is 2. The molecule has 0 saturated carbocycles. The van der Waals surface area contributed by atoms with Crippen molar-refractivity contribution in [3.63, 3.8) is 0 Å². The molecule has 0 aromatic heterocycles. The van der Waals surface area contributed by atoms with Crippen molar-refractivity contribution in [1.29, 1.82) is 0 Å². The molecule has 1 aliphatic rings. The summed E-state index contributed by atoms with van der Waals surface area (Å²) in [5, 5.41) is 17.9. The van der Waals surface area contributed by atoms with Crippen molar-refractivity contribution in [1.82, 2.24) is 0 Å². The third-order valence-corrected chi connectivity index (χ3v) is 25.8. The molecule has 0 spiro atoms. The van der Waals surface area contributed by atoms with E-state index in [4.69, 9.17) is 28.4 Å². The van der Waals surface area contributed by atoms with E-state index in [-0.39, 0.29) is 130 Å². The second-order valence-corrected chi connectivity index (χ2v) is 40.9. The minimum absolute atomic E-state index is 0.0544. The Labute approximate surface area is 819 Å². The first-order valence-electron chi connectivity index (χ1n) is 44.1. The highest BCUT2D eigenvalue weighted by atomic mass is 32.2. The van der Waals surface area contributed by atoms with Crippen LogP contribution in [0.15, 0.2) is 279 Å². The second kappa shape index (κ2) is 53.8. The zero-order valence-corrected chi connectivity index (χ0v) is 80.9. The predicted octanol–water partition coefficient (Wildman–Crippen LogP) is 14.8. The Morgan fingerprint density at radius 2 is 0.549 bits per heavy atom. The molecule has 0 saturated heterocycles. The Hall–Kier alpha value is -13.8. The highest BCUT2D eigenvalue weighted by Crippen LogP contribution is 2.33. The molecular weight excluding hydrogens is 1960 g/mol. The zero-order valence-electron chi connectivity index (χ0n) is 76.0. The first kappa shape index (κ1) is 112. The van der Waals surface area contributed by atoms with Crippen LogP contribution in [-0.2, 0) is 93.9 Å². The van der Waals surface area contributed by atoms with Crippen molar-refractivity contribution in [3.8, 4) is 0 Å². The lowest BCUT2D eigenvalue weighted by molar-refractivity contribution is -0.144. The minimum atomic E-state index is -4.29. The molecule has 0 aliphatic heterocycles. The third-order valence-electron chi connectivity index (χ3n) is 21.1. The maximum Gasteiger partial charge on any atom is 0.339 e. The number of hydrogen-bond donors (Lipinski definition) is 1. The van der Waals surface area contributed by atoms with Crippen LogP contribution in [0, 0.1) is 0 Å². The molecule has 13 aromatic rings. The quantitative estimate of drug-likeness (QED) is 0.0123. The number of carboxylic acid groups (broad SMARTS) is 1. The van der Waals surface area contributed by atoms with Crippen LogP contribution in [0.1, 0.15) is 188 Å². The fourth-order valence-corrected chi connectivity index (χ4v) is 17.6. The van der Waals surface area contributed by atoms with Gasteiger partial charge in [-0.15, -0.1) is 0 Å². The van der Waals surface area contributed by atoms with Gasteiger partial charge in [0.1, 0.15) is 5.92 Å². The molecule has 34 nitrogen and oxygen atoms in total. The summed E-state index contributed by atoms with van der Waals surface area (Å²) in [6.07, 6.45) is 2.68. The molecule has 0 atom stereocenters. The standard InChI is InChI=1S/C19H16O7S.C19H18O5S.C18H20O5S.C16H16O7S.2C15H16O5S/c20-17-13-5-1-2-6-14(13)18(21)16-11-12(7-8-15(16)17)19(22)26-9-3-4-10-27(23,24)25;20-19(24-11-5-6-12-25(21,22)23)18-16-9-3-1-7-14(16)13-15-8-2-4-10-17(15)18;19-18(23-13-7-8-14-24(20,21)22)17(15-9-3-1-4-10-15)16-11-5-2-6-12-16;17-15(18)13-9-11-5-1-2-6-12(11)10-14(13)16(19)23-7-3-4-8-24(20,21)22;16-15(20-10-3-4-11-21(17,18)19)14-9-5-7-12-6-1-2-8-13(12)14;16-15(20-9-3-4-10-21(17,18)19)14-8-7-12-5-1-2-6-13(12)11-14/h1-2,5-8,11H,3-4,9-10H2,(H,23,24,25);1-4,7-10,13H,5-6,11-12H2,(H,21,22,23);1-6,9-12,17H,7-8,13-14H2,(H,20,21,22);1-2,5-6,9-10H,3-4,7-8H2,(H,17,18)(H,20,21,22);1-2,5-9H,3-4,10-11H2,(H,17,18,19);1-2,5-8,11H,3-4,9-10H2,(H,17,18,19)/p-6. The van der Waals surface area contributed by atoms with Crippen molar-refractivity contribution >= 4 is 168 Å². The first-order chi connectivity index (χ1) is 67.4. The number of hydrogen-bond acceptors (Lipinski definition) is 33. The van der Waals surface area contributed by atoms with E-state index < -0.39 is 143 Å². The van der Waals surface area contributed by atoms with Gasteiger partial charge >= 0.3 is 41.8 Å². The van der Waals surface area contributed by atoms with Crippen LogP contribution in [0.3, 0.4) is 0 Å². The molecule has 0 unspecified atom stereocenters. The summed E-state index contributed by atoms with van der Waals surface area (Å²) in [6.45, 7) is 0.205. The topological polar surface area (TPSA) is 572 Å². The lowest BCUT2D eigenvalue weighted by atomic mass is 9.83. The van der Waals surface area contributed by atoms with Crippen molar-refractivity contribution in [3.05, 3.63) is 346 Å². The van der Waals surface area contributed by atoms with Crippen LogP contribution < -0.4 is 0 Å². The van der Waals surface area contributed by atoms with Gasteiger partial charge in [-0.25, -0.2) is 79.3 Å². The van der Waals surface area contributed by atoms with E-state index in [0.717, 1.165) is 54.2 Å². The Balaban J connectivity index is 0.000000191. The lowest BCUT2D eigenvalue weighted by Gasteiger charge is -2.17. The summed E-state index contributed by atoms with van der Waals surface area (Å²) in [4.78, 5) is 110. The van der Waals surface area contributed by atoms with Gasteiger partial charge in [-0.2, -0.15) is 0 Å². The predicted molar refractivity (Wildman–Crippen MR) is 520 cm³/mol. The van der Waals surface area contributed by atoms with Crippen LogP contribution >= 0.6 is 0 Å². The number of carbonyl (C=O) groups is 9. The summed E-state index contributed by atoms with van der Waals surface area (Å²) in [6, 6.07) is 82.2. The second-order valence-electron chi connectivity index (χ2n) is 31.7. The van der Waals surface area contributed by atoms with Crippen molar-refractivity contribution in [2.24, 2.45) is 0 Å². The Morgan fingerprint density at radius 3 is 0.965 bits per heavy atom. The molecule has 0 heterocycles. The van der Waals surface area contributed by atoms with E-state index in [9.17, 15) is 126 Å². The molecule has 0 bridgehead atoms. The van der Waals surface area contributed by atoms with E-state index in [1.54, 1.807) is 72.8 Å². The summed E-state index contributed by atoms with van der Waals surface area (Å²) in [5.41, 5.74) is 3.97. The molecule has 0 radical (unpaired) electrons. The van der Waals surface area contributed by atoms with Gasteiger partial charge in [-0.05, 0) is 197 Å². The fraction of sp³-hybridized carbons (Fsp3) is 0.245. The van der Waals surface area contributed by atoms with E-state index >= 15 is 0 Å². The lowest BCUT2D eigenvalue weighted by Crippen LogP contribution is -2.21. The fourth-order valence-electron chi connectivity index (χ4n) is 14.3.